The maximum atomic E-state index is 12.9. The summed E-state index contributed by atoms with van der Waals surface area (Å²) in [4.78, 5) is 18.9. The van der Waals surface area contributed by atoms with Gasteiger partial charge in [0.15, 0.2) is 0 Å². The first-order valence-electron chi connectivity index (χ1n) is 12.5. The second-order valence-corrected chi connectivity index (χ2v) is 12.1. The van der Waals surface area contributed by atoms with E-state index in [1.165, 1.54) is 21.8 Å². The van der Waals surface area contributed by atoms with Crippen LogP contribution in [-0.4, -0.2) is 17.6 Å². The molecule has 1 aromatic carbocycles. The van der Waals surface area contributed by atoms with E-state index in [9.17, 15) is 10.1 Å². The molecule has 0 amide bonds. The number of nitrogens with zero attached hydrogens (tertiary/aromatic N) is 2. The van der Waals surface area contributed by atoms with Crippen molar-refractivity contribution in [1.82, 2.24) is 4.98 Å². The number of aryl methyl sites for hydroxylation is 1. The fourth-order valence-corrected chi connectivity index (χ4v) is 6.65. The van der Waals surface area contributed by atoms with Crippen LogP contribution in [0.3, 0.4) is 0 Å². The predicted octanol–water partition coefficient (Wildman–Crippen LogP) is 7.74. The Balaban J connectivity index is 1.62. The van der Waals surface area contributed by atoms with Crippen LogP contribution in [0, 0.1) is 22.7 Å². The summed E-state index contributed by atoms with van der Waals surface area (Å²) < 4.78 is 5.41. The first-order chi connectivity index (χ1) is 17.2. The monoisotopic (exact) mass is 519 g/mol. The Morgan fingerprint density at radius 3 is 2.67 bits per heavy atom. The van der Waals surface area contributed by atoms with Crippen molar-refractivity contribution in [2.75, 3.05) is 11.9 Å². The Morgan fingerprint density at radius 2 is 2.03 bits per heavy atom. The van der Waals surface area contributed by atoms with Gasteiger partial charge in [-0.3, -0.25) is 0 Å². The van der Waals surface area contributed by atoms with E-state index in [1.54, 1.807) is 17.5 Å². The second kappa shape index (κ2) is 11.0. The van der Waals surface area contributed by atoms with Gasteiger partial charge in [-0.2, -0.15) is 5.26 Å². The number of hydrogen-bond donors (Lipinski definition) is 1. The lowest BCUT2D eigenvalue weighted by Crippen LogP contribution is -2.26. The third kappa shape index (κ3) is 5.55. The number of anilines is 1. The van der Waals surface area contributed by atoms with Gasteiger partial charge in [0.05, 0.1) is 17.9 Å². The quantitative estimate of drug-likeness (QED) is 0.255. The topological polar surface area (TPSA) is 75.0 Å². The molecule has 36 heavy (non-hydrogen) atoms. The number of thiazole rings is 1. The largest absolute Gasteiger partial charge is 0.462 e. The number of aromatic nitrogens is 1. The average Bonchev–Trinajstić information content (AvgIpc) is 3.49. The van der Waals surface area contributed by atoms with Gasteiger partial charge in [-0.05, 0) is 55.1 Å². The van der Waals surface area contributed by atoms with Gasteiger partial charge in [0, 0.05) is 22.0 Å². The first-order valence-corrected chi connectivity index (χ1v) is 14.2. The second-order valence-electron chi connectivity index (χ2n) is 10.1. The lowest BCUT2D eigenvalue weighted by atomic mass is 9.72. The molecular weight excluding hydrogens is 486 g/mol. The molecular formula is C29H33N3O2S2. The van der Waals surface area contributed by atoms with E-state index >= 15 is 0 Å². The van der Waals surface area contributed by atoms with Crippen molar-refractivity contribution < 1.29 is 9.53 Å². The molecule has 2 aromatic heterocycles. The smallest absolute Gasteiger partial charge is 0.341 e. The van der Waals surface area contributed by atoms with E-state index in [-0.39, 0.29) is 11.4 Å². The summed E-state index contributed by atoms with van der Waals surface area (Å²) >= 11 is 3.05. The van der Waals surface area contributed by atoms with Gasteiger partial charge < -0.3 is 10.1 Å². The fourth-order valence-electron chi connectivity index (χ4n) is 4.57. The molecule has 1 atom stereocenters. The standard InChI is InChI=1S/C29H33N3O2S2/c1-6-18-8-10-19(11-9-18)23-17-35-26(32-23)20(15-30)16-31-27-25(28(33)34-7-2)22-13-12-21(29(3,4)5)14-24(22)36-27/h8-11,16-17,21,31H,6-7,12-14H2,1-5H3/b20-16+/t21-/m0/s1. The van der Waals surface area contributed by atoms with E-state index < -0.39 is 0 Å². The van der Waals surface area contributed by atoms with Crippen molar-refractivity contribution in [3.05, 3.63) is 62.4 Å². The molecule has 188 valence electrons. The van der Waals surface area contributed by atoms with Gasteiger partial charge in [0.2, 0.25) is 0 Å². The van der Waals surface area contributed by atoms with Gasteiger partial charge in [0.25, 0.3) is 0 Å². The Kier molecular flexibility index (Phi) is 7.97. The summed E-state index contributed by atoms with van der Waals surface area (Å²) in [5.74, 6) is 0.266. The van der Waals surface area contributed by atoms with Gasteiger partial charge in [-0.25, -0.2) is 9.78 Å². The average molecular weight is 520 g/mol. The van der Waals surface area contributed by atoms with E-state index in [2.05, 4.69) is 63.3 Å². The third-order valence-corrected chi connectivity index (χ3v) is 8.89. The minimum atomic E-state index is -0.300. The number of allylic oxidation sites excluding steroid dienone is 1. The maximum Gasteiger partial charge on any atom is 0.341 e. The highest BCUT2D eigenvalue weighted by Gasteiger charge is 2.34. The van der Waals surface area contributed by atoms with Crippen molar-refractivity contribution in [3.63, 3.8) is 0 Å². The van der Waals surface area contributed by atoms with Gasteiger partial charge in [0.1, 0.15) is 21.7 Å². The number of carbonyl (C=O) groups excluding carboxylic acids is 1. The molecule has 0 aliphatic heterocycles. The van der Waals surface area contributed by atoms with Crippen LogP contribution in [0.25, 0.3) is 16.8 Å². The van der Waals surface area contributed by atoms with Crippen LogP contribution in [0.15, 0.2) is 35.8 Å². The van der Waals surface area contributed by atoms with Gasteiger partial charge in [-0.15, -0.1) is 22.7 Å². The molecule has 5 nitrogen and oxygen atoms in total. The summed E-state index contributed by atoms with van der Waals surface area (Å²) in [5, 5.41) is 16.5. The van der Waals surface area contributed by atoms with Crippen molar-refractivity contribution in [2.24, 2.45) is 11.3 Å². The number of ether oxygens (including phenoxy) is 1. The molecule has 4 rings (SSSR count). The van der Waals surface area contributed by atoms with Crippen LogP contribution in [0.5, 0.6) is 0 Å². The third-order valence-electron chi connectivity index (χ3n) is 6.83. The number of fused-ring (bicyclic) bond motifs is 1. The van der Waals surface area contributed by atoms with E-state index in [1.807, 2.05) is 12.3 Å². The van der Waals surface area contributed by atoms with Gasteiger partial charge in [-0.1, -0.05) is 52.0 Å². The van der Waals surface area contributed by atoms with E-state index in [4.69, 9.17) is 9.72 Å². The number of thiophene rings is 1. The SMILES string of the molecule is CCOC(=O)c1c(N/C=C(\C#N)c2nc(-c3ccc(CC)cc3)cs2)sc2c1CC[C@H](C(C)(C)C)C2. The lowest BCUT2D eigenvalue weighted by molar-refractivity contribution is 0.0526. The molecule has 0 saturated carbocycles. The summed E-state index contributed by atoms with van der Waals surface area (Å²) in [6, 6.07) is 10.6. The molecule has 2 heterocycles. The van der Waals surface area contributed by atoms with Crippen LogP contribution in [-0.2, 0) is 24.0 Å². The van der Waals surface area contributed by atoms with Crippen molar-refractivity contribution >= 4 is 39.2 Å². The zero-order valence-corrected chi connectivity index (χ0v) is 23.2. The molecule has 0 radical (unpaired) electrons. The van der Waals surface area contributed by atoms with Crippen LogP contribution < -0.4 is 5.32 Å². The predicted molar refractivity (Wildman–Crippen MR) is 149 cm³/mol. The molecule has 3 aromatic rings. The van der Waals surface area contributed by atoms with Crippen molar-refractivity contribution in [1.29, 1.82) is 5.26 Å². The number of rotatable bonds is 7. The molecule has 0 saturated heterocycles. The minimum absolute atomic E-state index is 0.215. The zero-order chi connectivity index (χ0) is 25.9. The van der Waals surface area contributed by atoms with Crippen molar-refractivity contribution in [2.45, 2.75) is 60.3 Å². The Labute approximate surface area is 221 Å². The van der Waals surface area contributed by atoms with Crippen LogP contribution in [0.4, 0.5) is 5.00 Å². The molecule has 0 spiro atoms. The Bertz CT molecular complexity index is 1300. The number of benzene rings is 1. The highest BCUT2D eigenvalue weighted by Crippen LogP contribution is 2.44. The maximum absolute atomic E-state index is 12.9. The molecule has 1 aliphatic carbocycles. The highest BCUT2D eigenvalue weighted by atomic mass is 32.1. The normalized spacial score (nSPS) is 15.8. The number of esters is 1. The number of nitrogens with one attached hydrogen (secondary N) is 1. The molecule has 0 bridgehead atoms. The minimum Gasteiger partial charge on any atom is -0.462 e. The van der Waals surface area contributed by atoms with E-state index in [0.29, 0.717) is 28.7 Å². The number of hydrogen-bond acceptors (Lipinski definition) is 7. The zero-order valence-electron chi connectivity index (χ0n) is 21.6. The summed E-state index contributed by atoms with van der Waals surface area (Å²) in [6.45, 7) is 11.1. The Morgan fingerprint density at radius 1 is 1.28 bits per heavy atom. The molecule has 7 heteroatoms. The number of nitriles is 1. The molecule has 0 unspecified atom stereocenters. The van der Waals surface area contributed by atoms with Crippen LogP contribution >= 0.6 is 22.7 Å². The number of carbonyl (C=O) groups is 1. The van der Waals surface area contributed by atoms with Crippen LogP contribution in [0.1, 0.15) is 72.4 Å². The Hall–Kier alpha value is -2.95. The molecule has 1 N–H and O–H groups in total. The van der Waals surface area contributed by atoms with Gasteiger partial charge >= 0.3 is 5.97 Å². The molecule has 1 aliphatic rings. The molecule has 0 fully saturated rings. The van der Waals surface area contributed by atoms with Crippen LogP contribution in [0.2, 0.25) is 0 Å². The summed E-state index contributed by atoms with van der Waals surface area (Å²) in [6.07, 6.45) is 5.54. The lowest BCUT2D eigenvalue weighted by Gasteiger charge is -2.33. The highest BCUT2D eigenvalue weighted by molar-refractivity contribution is 7.16. The van der Waals surface area contributed by atoms with Crippen molar-refractivity contribution in [3.8, 4) is 17.3 Å². The first kappa shape index (κ1) is 26.1. The summed E-state index contributed by atoms with van der Waals surface area (Å²) in [5.41, 5.74) is 5.53. The van der Waals surface area contributed by atoms with E-state index in [0.717, 1.165) is 47.5 Å². The fraction of sp³-hybridized carbons (Fsp3) is 0.414. The summed E-state index contributed by atoms with van der Waals surface area (Å²) in [7, 11) is 0.